The Labute approximate surface area is 104 Å². The molecular formula is C14H24O3. The molecule has 3 heteroatoms. The minimum Gasteiger partial charge on any atom is -0.459 e. The largest absolute Gasteiger partial charge is 0.459 e. The van der Waals surface area contributed by atoms with E-state index in [1.807, 2.05) is 0 Å². The second-order valence-corrected chi connectivity index (χ2v) is 4.82. The third-order valence-corrected chi connectivity index (χ3v) is 3.05. The van der Waals surface area contributed by atoms with Crippen LogP contribution in [0.5, 0.6) is 0 Å². The first-order chi connectivity index (χ1) is 8.13. The molecule has 1 aliphatic carbocycles. The van der Waals surface area contributed by atoms with Crippen molar-refractivity contribution in [1.82, 2.24) is 0 Å². The fourth-order valence-electron chi connectivity index (χ4n) is 2.01. The van der Waals surface area contributed by atoms with Gasteiger partial charge in [0.15, 0.2) is 0 Å². The average Bonchev–Trinajstić information content (AvgIpc) is 2.30. The van der Waals surface area contributed by atoms with E-state index in [2.05, 4.69) is 13.5 Å². The number of ether oxygens (including phenoxy) is 2. The molecule has 2 unspecified atom stereocenters. The van der Waals surface area contributed by atoms with Gasteiger partial charge < -0.3 is 9.47 Å². The molecule has 17 heavy (non-hydrogen) atoms. The Balaban J connectivity index is 2.28. The predicted molar refractivity (Wildman–Crippen MR) is 67.8 cm³/mol. The lowest BCUT2D eigenvalue weighted by atomic mass is 9.95. The topological polar surface area (TPSA) is 35.5 Å². The van der Waals surface area contributed by atoms with Crippen molar-refractivity contribution in [1.29, 1.82) is 0 Å². The van der Waals surface area contributed by atoms with Crippen LogP contribution in [-0.2, 0) is 14.3 Å². The van der Waals surface area contributed by atoms with Gasteiger partial charge in [0.25, 0.3) is 0 Å². The first-order valence-electron chi connectivity index (χ1n) is 6.61. The van der Waals surface area contributed by atoms with Crippen LogP contribution < -0.4 is 0 Å². The Morgan fingerprint density at radius 3 is 2.71 bits per heavy atom. The minimum absolute atomic E-state index is 0.0135. The van der Waals surface area contributed by atoms with Gasteiger partial charge in [-0.2, -0.15) is 0 Å². The molecule has 1 aliphatic rings. The van der Waals surface area contributed by atoms with Crippen molar-refractivity contribution in [2.75, 3.05) is 6.61 Å². The monoisotopic (exact) mass is 240 g/mol. The highest BCUT2D eigenvalue weighted by molar-refractivity contribution is 5.87. The Hall–Kier alpha value is -0.830. The van der Waals surface area contributed by atoms with Crippen molar-refractivity contribution in [2.24, 2.45) is 0 Å². The standard InChI is InChI=1S/C14H24O3/c1-4-5-9-16-12-7-6-8-13(10-12)17-14(15)11(2)3/h12-13H,2,4-10H2,1,3H3. The van der Waals surface area contributed by atoms with Crippen molar-refractivity contribution >= 4 is 5.97 Å². The van der Waals surface area contributed by atoms with E-state index in [9.17, 15) is 4.79 Å². The molecule has 2 atom stereocenters. The molecule has 1 saturated carbocycles. The maximum atomic E-state index is 11.4. The van der Waals surface area contributed by atoms with Crippen molar-refractivity contribution < 1.29 is 14.3 Å². The lowest BCUT2D eigenvalue weighted by Crippen LogP contribution is -2.30. The smallest absolute Gasteiger partial charge is 0.333 e. The molecule has 0 amide bonds. The Morgan fingerprint density at radius 1 is 1.35 bits per heavy atom. The molecule has 0 aromatic rings. The highest BCUT2D eigenvalue weighted by Crippen LogP contribution is 2.24. The van der Waals surface area contributed by atoms with Crippen LogP contribution in [0.3, 0.4) is 0 Å². The quantitative estimate of drug-likeness (QED) is 0.406. The first kappa shape index (κ1) is 14.2. The zero-order valence-electron chi connectivity index (χ0n) is 11.0. The number of rotatable bonds is 6. The number of hydrogen-bond donors (Lipinski definition) is 0. The van der Waals surface area contributed by atoms with Crippen LogP contribution in [0.2, 0.25) is 0 Å². The van der Waals surface area contributed by atoms with Crippen LogP contribution in [0.4, 0.5) is 0 Å². The summed E-state index contributed by atoms with van der Waals surface area (Å²) in [4.78, 5) is 11.4. The van der Waals surface area contributed by atoms with E-state index < -0.39 is 0 Å². The van der Waals surface area contributed by atoms with Gasteiger partial charge in [-0.05, 0) is 32.6 Å². The first-order valence-corrected chi connectivity index (χ1v) is 6.61. The van der Waals surface area contributed by atoms with Crippen LogP contribution in [-0.4, -0.2) is 24.8 Å². The predicted octanol–water partition coefficient (Wildman–Crippen LogP) is 3.23. The molecule has 0 radical (unpaired) electrons. The maximum absolute atomic E-state index is 11.4. The molecule has 0 saturated heterocycles. The number of unbranched alkanes of at least 4 members (excludes halogenated alkanes) is 1. The van der Waals surface area contributed by atoms with Crippen molar-refractivity contribution in [2.45, 2.75) is 64.6 Å². The van der Waals surface area contributed by atoms with E-state index >= 15 is 0 Å². The Kier molecular flexibility index (Phi) is 6.27. The van der Waals surface area contributed by atoms with Crippen molar-refractivity contribution in [3.63, 3.8) is 0 Å². The molecule has 98 valence electrons. The second-order valence-electron chi connectivity index (χ2n) is 4.82. The molecule has 3 nitrogen and oxygen atoms in total. The summed E-state index contributed by atoms with van der Waals surface area (Å²) in [5, 5.41) is 0. The molecule has 0 spiro atoms. The molecule has 0 N–H and O–H groups in total. The summed E-state index contributed by atoms with van der Waals surface area (Å²) < 4.78 is 11.2. The van der Waals surface area contributed by atoms with Gasteiger partial charge in [0, 0.05) is 18.6 Å². The summed E-state index contributed by atoms with van der Waals surface area (Å²) >= 11 is 0. The molecule has 0 bridgehead atoms. The average molecular weight is 240 g/mol. The van der Waals surface area contributed by atoms with Gasteiger partial charge in [-0.25, -0.2) is 4.79 Å². The Bertz CT molecular complexity index is 260. The van der Waals surface area contributed by atoms with Crippen molar-refractivity contribution in [3.8, 4) is 0 Å². The molecule has 0 heterocycles. The van der Waals surface area contributed by atoms with Crippen LogP contribution in [0.25, 0.3) is 0 Å². The van der Waals surface area contributed by atoms with E-state index in [0.717, 1.165) is 45.1 Å². The van der Waals surface area contributed by atoms with Gasteiger partial charge in [0.1, 0.15) is 6.10 Å². The van der Waals surface area contributed by atoms with E-state index in [1.54, 1.807) is 6.92 Å². The van der Waals surface area contributed by atoms with Crippen LogP contribution in [0.1, 0.15) is 52.4 Å². The van der Waals surface area contributed by atoms with E-state index in [-0.39, 0.29) is 18.2 Å². The number of hydrogen-bond acceptors (Lipinski definition) is 3. The fraction of sp³-hybridized carbons (Fsp3) is 0.786. The lowest BCUT2D eigenvalue weighted by molar-refractivity contribution is -0.148. The van der Waals surface area contributed by atoms with E-state index in [0.29, 0.717) is 5.57 Å². The maximum Gasteiger partial charge on any atom is 0.333 e. The van der Waals surface area contributed by atoms with Gasteiger partial charge in [-0.1, -0.05) is 19.9 Å². The van der Waals surface area contributed by atoms with Gasteiger partial charge in [0.05, 0.1) is 6.10 Å². The SMILES string of the molecule is C=C(C)C(=O)OC1CCCC(OCCCC)C1. The highest BCUT2D eigenvalue weighted by Gasteiger charge is 2.25. The normalized spacial score (nSPS) is 24.4. The number of carbonyl (C=O) groups is 1. The molecule has 1 rings (SSSR count). The third-order valence-electron chi connectivity index (χ3n) is 3.05. The van der Waals surface area contributed by atoms with Crippen LogP contribution >= 0.6 is 0 Å². The van der Waals surface area contributed by atoms with Gasteiger partial charge >= 0.3 is 5.97 Å². The second kappa shape index (κ2) is 7.49. The van der Waals surface area contributed by atoms with E-state index in [1.165, 1.54) is 0 Å². The van der Waals surface area contributed by atoms with Gasteiger partial charge in [0.2, 0.25) is 0 Å². The Morgan fingerprint density at radius 2 is 2.06 bits per heavy atom. The summed E-state index contributed by atoms with van der Waals surface area (Å²) in [6.07, 6.45) is 6.48. The summed E-state index contributed by atoms with van der Waals surface area (Å²) in [7, 11) is 0. The molecule has 1 fully saturated rings. The van der Waals surface area contributed by atoms with Gasteiger partial charge in [-0.3, -0.25) is 0 Å². The number of carbonyl (C=O) groups excluding carboxylic acids is 1. The zero-order valence-corrected chi connectivity index (χ0v) is 11.0. The molecule has 0 aromatic heterocycles. The molecular weight excluding hydrogens is 216 g/mol. The summed E-state index contributed by atoms with van der Waals surface area (Å²) in [5.41, 5.74) is 0.471. The molecule has 0 aromatic carbocycles. The van der Waals surface area contributed by atoms with E-state index in [4.69, 9.17) is 9.47 Å². The van der Waals surface area contributed by atoms with Gasteiger partial charge in [-0.15, -0.1) is 0 Å². The van der Waals surface area contributed by atoms with Crippen molar-refractivity contribution in [3.05, 3.63) is 12.2 Å². The van der Waals surface area contributed by atoms with Crippen LogP contribution in [0.15, 0.2) is 12.2 Å². The third kappa shape index (κ3) is 5.35. The zero-order chi connectivity index (χ0) is 12.7. The fourth-order valence-corrected chi connectivity index (χ4v) is 2.01. The molecule has 0 aliphatic heterocycles. The number of esters is 1. The highest BCUT2D eigenvalue weighted by atomic mass is 16.5. The summed E-state index contributed by atoms with van der Waals surface area (Å²) in [6, 6.07) is 0. The van der Waals surface area contributed by atoms with Crippen LogP contribution in [0, 0.1) is 0 Å². The minimum atomic E-state index is -0.274. The summed E-state index contributed by atoms with van der Waals surface area (Å²) in [6.45, 7) is 8.25. The lowest BCUT2D eigenvalue weighted by Gasteiger charge is -2.29. The summed E-state index contributed by atoms with van der Waals surface area (Å²) in [5.74, 6) is -0.274.